The van der Waals surface area contributed by atoms with Crippen molar-refractivity contribution in [1.82, 2.24) is 10.3 Å². The minimum absolute atomic E-state index is 0.106. The fourth-order valence-electron chi connectivity index (χ4n) is 1.43. The van der Waals surface area contributed by atoms with Gasteiger partial charge in [-0.05, 0) is 31.2 Å². The van der Waals surface area contributed by atoms with Crippen LogP contribution in [0.15, 0.2) is 48.8 Å². The topological polar surface area (TPSA) is 63.2 Å². The van der Waals surface area contributed by atoms with Crippen molar-refractivity contribution in [3.8, 4) is 5.75 Å². The van der Waals surface area contributed by atoms with Crippen molar-refractivity contribution in [2.24, 2.45) is 0 Å². The molecule has 0 aliphatic rings. The fourth-order valence-corrected chi connectivity index (χ4v) is 1.43. The second-order valence-electron chi connectivity index (χ2n) is 3.97. The van der Waals surface area contributed by atoms with E-state index in [1.165, 1.54) is 0 Å². The first-order valence-corrected chi connectivity index (χ1v) is 5.88. The molecule has 2 rings (SSSR count). The van der Waals surface area contributed by atoms with E-state index in [0.717, 1.165) is 5.56 Å². The largest absolute Gasteiger partial charge is 0.473 e. The Morgan fingerprint density at radius 3 is 2.74 bits per heavy atom. The van der Waals surface area contributed by atoms with E-state index in [-0.39, 0.29) is 12.8 Å². The predicted molar refractivity (Wildman–Crippen MR) is 73.1 cm³/mol. The highest BCUT2D eigenvalue weighted by Crippen LogP contribution is 2.10. The Kier molecular flexibility index (Phi) is 4.34. The molecule has 1 aromatic heterocycles. The van der Waals surface area contributed by atoms with Crippen molar-refractivity contribution in [3.63, 3.8) is 0 Å². The van der Waals surface area contributed by atoms with Crippen molar-refractivity contribution < 1.29 is 9.53 Å². The van der Waals surface area contributed by atoms with E-state index in [9.17, 15) is 4.79 Å². The number of benzene rings is 1. The molecule has 0 aliphatic carbocycles. The Balaban J connectivity index is 1.74. The van der Waals surface area contributed by atoms with Crippen molar-refractivity contribution in [2.75, 3.05) is 12.0 Å². The fraction of sp³-hybridized carbons (Fsp3) is 0.143. The van der Waals surface area contributed by atoms with E-state index >= 15 is 0 Å². The number of pyridine rings is 1. The number of aryl methyl sites for hydroxylation is 1. The number of nitrogens with zero attached hydrogens (tertiary/aromatic N) is 1. The summed E-state index contributed by atoms with van der Waals surface area (Å²) < 4.78 is 5.38. The van der Waals surface area contributed by atoms with Crippen molar-refractivity contribution in [2.45, 2.75) is 6.92 Å². The number of amides is 2. The number of carbonyl (C=O) groups excluding carboxylic acids is 1. The zero-order chi connectivity index (χ0) is 13.5. The molecular weight excluding hydrogens is 242 g/mol. The number of carbonyl (C=O) groups is 1. The highest BCUT2D eigenvalue weighted by atomic mass is 16.5. The predicted octanol–water partition coefficient (Wildman–Crippen LogP) is 2.55. The average Bonchev–Trinajstić information content (AvgIpc) is 2.42. The summed E-state index contributed by atoms with van der Waals surface area (Å²) in [4.78, 5) is 15.4. The van der Waals surface area contributed by atoms with Gasteiger partial charge in [0.15, 0.2) is 6.73 Å². The van der Waals surface area contributed by atoms with Crippen LogP contribution in [0.1, 0.15) is 5.56 Å². The summed E-state index contributed by atoms with van der Waals surface area (Å²) in [5.74, 6) is 0.715. The first-order chi connectivity index (χ1) is 9.24. The molecule has 0 saturated carbocycles. The lowest BCUT2D eigenvalue weighted by Gasteiger charge is -2.09. The molecule has 5 heteroatoms. The van der Waals surface area contributed by atoms with Crippen LogP contribution in [-0.2, 0) is 0 Å². The van der Waals surface area contributed by atoms with Gasteiger partial charge in [-0.2, -0.15) is 0 Å². The third-order valence-electron chi connectivity index (χ3n) is 2.41. The molecule has 0 saturated heterocycles. The van der Waals surface area contributed by atoms with Crippen molar-refractivity contribution in [3.05, 3.63) is 54.4 Å². The summed E-state index contributed by atoms with van der Waals surface area (Å²) in [5.41, 5.74) is 1.80. The molecule has 2 amide bonds. The summed E-state index contributed by atoms with van der Waals surface area (Å²) >= 11 is 0. The van der Waals surface area contributed by atoms with Crippen LogP contribution in [0.25, 0.3) is 0 Å². The van der Waals surface area contributed by atoms with Gasteiger partial charge in [-0.25, -0.2) is 4.79 Å². The number of hydrogen-bond donors (Lipinski definition) is 2. The molecule has 0 atom stereocenters. The van der Waals surface area contributed by atoms with E-state index in [1.54, 1.807) is 24.5 Å². The molecular formula is C14H15N3O2. The first kappa shape index (κ1) is 12.9. The van der Waals surface area contributed by atoms with Gasteiger partial charge in [0.2, 0.25) is 0 Å². The molecule has 0 radical (unpaired) electrons. The zero-order valence-corrected chi connectivity index (χ0v) is 10.6. The smallest absolute Gasteiger partial charge is 0.321 e. The monoisotopic (exact) mass is 257 g/mol. The molecule has 19 heavy (non-hydrogen) atoms. The quantitative estimate of drug-likeness (QED) is 0.827. The highest BCUT2D eigenvalue weighted by molar-refractivity contribution is 5.88. The van der Waals surface area contributed by atoms with Crippen molar-refractivity contribution in [1.29, 1.82) is 0 Å². The van der Waals surface area contributed by atoms with Gasteiger partial charge in [-0.3, -0.25) is 4.98 Å². The lowest BCUT2D eigenvalue weighted by molar-refractivity contribution is 0.234. The number of rotatable bonds is 4. The summed E-state index contributed by atoms with van der Waals surface area (Å²) in [6, 6.07) is 10.8. The molecule has 2 N–H and O–H groups in total. The lowest BCUT2D eigenvalue weighted by atomic mass is 10.2. The maximum atomic E-state index is 11.5. The van der Waals surface area contributed by atoms with Gasteiger partial charge >= 0.3 is 6.03 Å². The standard InChI is InChI=1S/C14H15N3O2/c1-11-4-6-13(7-5-11)19-10-16-14(18)17-12-3-2-8-15-9-12/h2-9H,10H2,1H3,(H2,16,17,18). The van der Waals surface area contributed by atoms with Gasteiger partial charge in [-0.15, -0.1) is 0 Å². The number of anilines is 1. The first-order valence-electron chi connectivity index (χ1n) is 5.88. The van der Waals surface area contributed by atoms with E-state index in [1.807, 2.05) is 31.2 Å². The number of urea groups is 1. The molecule has 1 aromatic carbocycles. The van der Waals surface area contributed by atoms with Gasteiger partial charge in [0.1, 0.15) is 5.75 Å². The summed E-state index contributed by atoms with van der Waals surface area (Å²) in [6.07, 6.45) is 3.21. The molecule has 0 bridgehead atoms. The number of aromatic nitrogens is 1. The summed E-state index contributed by atoms with van der Waals surface area (Å²) in [5, 5.41) is 5.24. The van der Waals surface area contributed by atoms with Crippen LogP contribution < -0.4 is 15.4 Å². The summed E-state index contributed by atoms with van der Waals surface area (Å²) in [7, 11) is 0. The normalized spacial score (nSPS) is 9.74. The van der Waals surface area contributed by atoms with E-state index in [4.69, 9.17) is 4.74 Å². The lowest BCUT2D eigenvalue weighted by Crippen LogP contribution is -2.32. The zero-order valence-electron chi connectivity index (χ0n) is 10.6. The van der Waals surface area contributed by atoms with Crippen LogP contribution in [0, 0.1) is 6.92 Å². The molecule has 0 fully saturated rings. The second kappa shape index (κ2) is 6.39. The Hall–Kier alpha value is -2.56. The van der Waals surface area contributed by atoms with Crippen LogP contribution in [0.4, 0.5) is 10.5 Å². The maximum Gasteiger partial charge on any atom is 0.321 e. The Morgan fingerprint density at radius 2 is 2.05 bits per heavy atom. The second-order valence-corrected chi connectivity index (χ2v) is 3.97. The Morgan fingerprint density at radius 1 is 1.26 bits per heavy atom. The molecule has 0 aliphatic heterocycles. The molecule has 1 heterocycles. The molecule has 0 unspecified atom stereocenters. The third kappa shape index (κ3) is 4.31. The Bertz CT molecular complexity index is 526. The van der Waals surface area contributed by atoms with E-state index < -0.39 is 0 Å². The number of nitrogens with one attached hydrogen (secondary N) is 2. The number of ether oxygens (including phenoxy) is 1. The minimum Gasteiger partial charge on any atom is -0.473 e. The van der Waals surface area contributed by atoms with Gasteiger partial charge < -0.3 is 15.4 Å². The minimum atomic E-state index is -0.333. The molecule has 0 spiro atoms. The molecule has 2 aromatic rings. The van der Waals surface area contributed by atoms with Crippen molar-refractivity contribution >= 4 is 11.7 Å². The molecule has 5 nitrogen and oxygen atoms in total. The Labute approximate surface area is 111 Å². The highest BCUT2D eigenvalue weighted by Gasteiger charge is 2.00. The van der Waals surface area contributed by atoms with Crippen LogP contribution in [0.5, 0.6) is 5.75 Å². The van der Waals surface area contributed by atoms with Gasteiger partial charge in [0, 0.05) is 6.20 Å². The van der Waals surface area contributed by atoms with Crippen LogP contribution in [0.2, 0.25) is 0 Å². The average molecular weight is 257 g/mol. The van der Waals surface area contributed by atoms with Crippen LogP contribution in [-0.4, -0.2) is 17.7 Å². The number of hydrogen-bond acceptors (Lipinski definition) is 3. The van der Waals surface area contributed by atoms with Crippen LogP contribution >= 0.6 is 0 Å². The van der Waals surface area contributed by atoms with Gasteiger partial charge in [-0.1, -0.05) is 17.7 Å². The van der Waals surface area contributed by atoms with E-state index in [0.29, 0.717) is 11.4 Å². The van der Waals surface area contributed by atoms with E-state index in [2.05, 4.69) is 15.6 Å². The third-order valence-corrected chi connectivity index (χ3v) is 2.41. The molecule has 98 valence electrons. The van der Waals surface area contributed by atoms with Gasteiger partial charge in [0.05, 0.1) is 11.9 Å². The SMILES string of the molecule is Cc1ccc(OCNC(=O)Nc2cccnc2)cc1. The van der Waals surface area contributed by atoms with Gasteiger partial charge in [0.25, 0.3) is 0 Å². The maximum absolute atomic E-state index is 11.5. The summed E-state index contributed by atoms with van der Waals surface area (Å²) in [6.45, 7) is 2.11. The van der Waals surface area contributed by atoms with Crippen LogP contribution in [0.3, 0.4) is 0 Å².